The molecule has 2 aromatic heterocycles. The van der Waals surface area contributed by atoms with Crippen LogP contribution in [0.15, 0.2) is 42.7 Å². The van der Waals surface area contributed by atoms with E-state index in [1.165, 1.54) is 24.5 Å². The number of esters is 1. The number of nitrogens with zero attached hydrogens (tertiary/aromatic N) is 3. The first-order valence-corrected chi connectivity index (χ1v) is 8.30. The van der Waals surface area contributed by atoms with Crippen molar-refractivity contribution in [3.63, 3.8) is 0 Å². The van der Waals surface area contributed by atoms with Gasteiger partial charge in [-0.25, -0.2) is 14.2 Å². The molecule has 0 radical (unpaired) electrons. The van der Waals surface area contributed by atoms with Crippen LogP contribution in [0.3, 0.4) is 0 Å². The van der Waals surface area contributed by atoms with Crippen LogP contribution in [0.2, 0.25) is 0 Å². The van der Waals surface area contributed by atoms with E-state index >= 15 is 0 Å². The summed E-state index contributed by atoms with van der Waals surface area (Å²) < 4.78 is 20.1. The zero-order valence-corrected chi connectivity index (χ0v) is 15.2. The molecule has 138 valence electrons. The summed E-state index contributed by atoms with van der Waals surface area (Å²) in [6.45, 7) is 4.99. The highest BCUT2D eigenvalue weighted by atomic mass is 19.1. The predicted octanol–water partition coefficient (Wildman–Crippen LogP) is 3.37. The Hall–Kier alpha value is -3.35. The van der Waals surface area contributed by atoms with Gasteiger partial charge in [-0.15, -0.1) is 0 Å². The second-order valence-electron chi connectivity index (χ2n) is 6.14. The largest absolute Gasteiger partial charge is 0.453 e. The average molecular weight is 367 g/mol. The minimum atomic E-state index is -0.705. The van der Waals surface area contributed by atoms with Crippen LogP contribution in [0.25, 0.3) is 5.69 Å². The standard InChI is InChI=1S/C20H18FN3O3/c1-12-9-23-18(10-22-12)20(26)27-11-19(25)17-8-13(2)24(14(17)3)16-6-4-15(21)5-7-16/h4-10H,11H2,1-3H3. The molecule has 2 heterocycles. The highest BCUT2D eigenvalue weighted by Gasteiger charge is 2.19. The van der Waals surface area contributed by atoms with Crippen LogP contribution in [0.1, 0.15) is 37.9 Å². The van der Waals surface area contributed by atoms with E-state index in [2.05, 4.69) is 9.97 Å². The van der Waals surface area contributed by atoms with E-state index in [-0.39, 0.29) is 17.3 Å². The lowest BCUT2D eigenvalue weighted by molar-refractivity contribution is 0.0468. The predicted molar refractivity (Wildman–Crippen MR) is 96.6 cm³/mol. The van der Waals surface area contributed by atoms with E-state index in [0.717, 1.165) is 11.4 Å². The maximum Gasteiger partial charge on any atom is 0.358 e. The monoisotopic (exact) mass is 367 g/mol. The molecule has 0 aliphatic rings. The summed E-state index contributed by atoms with van der Waals surface area (Å²) in [5.74, 6) is -1.36. The first kappa shape index (κ1) is 18.4. The summed E-state index contributed by atoms with van der Waals surface area (Å²) in [5, 5.41) is 0. The van der Waals surface area contributed by atoms with Crippen molar-refractivity contribution in [2.75, 3.05) is 6.61 Å². The Kier molecular flexibility index (Phi) is 5.12. The van der Waals surface area contributed by atoms with E-state index in [0.29, 0.717) is 17.0 Å². The number of rotatable bonds is 5. The highest BCUT2D eigenvalue weighted by Crippen LogP contribution is 2.21. The number of aryl methyl sites for hydroxylation is 2. The third-order valence-corrected chi connectivity index (χ3v) is 4.14. The molecule has 0 N–H and O–H groups in total. The lowest BCUT2D eigenvalue weighted by atomic mass is 10.1. The van der Waals surface area contributed by atoms with Gasteiger partial charge in [-0.2, -0.15) is 0 Å². The zero-order valence-electron chi connectivity index (χ0n) is 15.2. The van der Waals surface area contributed by atoms with Gasteiger partial charge in [0, 0.05) is 28.8 Å². The van der Waals surface area contributed by atoms with Crippen LogP contribution in [0, 0.1) is 26.6 Å². The van der Waals surface area contributed by atoms with Crippen LogP contribution in [-0.4, -0.2) is 32.9 Å². The fourth-order valence-electron chi connectivity index (χ4n) is 2.81. The van der Waals surface area contributed by atoms with Gasteiger partial charge in [0.1, 0.15) is 5.82 Å². The summed E-state index contributed by atoms with van der Waals surface area (Å²) in [5.41, 5.74) is 3.42. The van der Waals surface area contributed by atoms with Crippen molar-refractivity contribution in [1.82, 2.24) is 14.5 Å². The molecule has 0 bridgehead atoms. The molecule has 6 nitrogen and oxygen atoms in total. The van der Waals surface area contributed by atoms with Crippen LogP contribution in [0.4, 0.5) is 4.39 Å². The molecule has 0 aliphatic carbocycles. The Morgan fingerprint density at radius 3 is 2.41 bits per heavy atom. The smallest absolute Gasteiger partial charge is 0.358 e. The number of carbonyl (C=O) groups is 2. The normalized spacial score (nSPS) is 10.7. The van der Waals surface area contributed by atoms with Crippen molar-refractivity contribution in [2.24, 2.45) is 0 Å². The van der Waals surface area contributed by atoms with Gasteiger partial charge in [-0.3, -0.25) is 9.78 Å². The molecule has 0 aliphatic heterocycles. The molecular weight excluding hydrogens is 349 g/mol. The first-order valence-electron chi connectivity index (χ1n) is 8.30. The van der Waals surface area contributed by atoms with Gasteiger partial charge in [-0.05, 0) is 51.1 Å². The average Bonchev–Trinajstić information content (AvgIpc) is 2.95. The highest BCUT2D eigenvalue weighted by molar-refractivity contribution is 6.00. The van der Waals surface area contributed by atoms with Crippen LogP contribution >= 0.6 is 0 Å². The summed E-state index contributed by atoms with van der Waals surface area (Å²) in [4.78, 5) is 32.4. The number of carbonyl (C=O) groups excluding carboxylic acids is 2. The van der Waals surface area contributed by atoms with Gasteiger partial charge in [0.25, 0.3) is 0 Å². The van der Waals surface area contributed by atoms with E-state index in [9.17, 15) is 14.0 Å². The molecule has 1 aromatic carbocycles. The van der Waals surface area contributed by atoms with Crippen molar-refractivity contribution in [2.45, 2.75) is 20.8 Å². The molecule has 0 saturated carbocycles. The minimum Gasteiger partial charge on any atom is -0.453 e. The maximum atomic E-state index is 13.2. The summed E-state index contributed by atoms with van der Waals surface area (Å²) in [6.07, 6.45) is 2.76. The van der Waals surface area contributed by atoms with Gasteiger partial charge in [-0.1, -0.05) is 0 Å². The molecule has 3 rings (SSSR count). The molecule has 27 heavy (non-hydrogen) atoms. The Bertz CT molecular complexity index is 993. The lowest BCUT2D eigenvalue weighted by Gasteiger charge is -2.10. The fourth-order valence-corrected chi connectivity index (χ4v) is 2.81. The molecule has 0 unspecified atom stereocenters. The van der Waals surface area contributed by atoms with E-state index < -0.39 is 12.6 Å². The Morgan fingerprint density at radius 1 is 1.07 bits per heavy atom. The summed E-state index contributed by atoms with van der Waals surface area (Å²) in [7, 11) is 0. The van der Waals surface area contributed by atoms with Crippen molar-refractivity contribution >= 4 is 11.8 Å². The molecule has 0 amide bonds. The number of aromatic nitrogens is 3. The molecule has 0 spiro atoms. The Balaban J connectivity index is 1.75. The summed E-state index contributed by atoms with van der Waals surface area (Å²) >= 11 is 0. The number of Topliss-reactive ketones (excluding diaryl/α,β-unsaturated/α-hetero) is 1. The topological polar surface area (TPSA) is 74.1 Å². The van der Waals surface area contributed by atoms with Crippen LogP contribution < -0.4 is 0 Å². The van der Waals surface area contributed by atoms with E-state index in [1.54, 1.807) is 32.0 Å². The van der Waals surface area contributed by atoms with E-state index in [1.807, 2.05) is 11.5 Å². The molecule has 0 fully saturated rings. The van der Waals surface area contributed by atoms with Crippen molar-refractivity contribution < 1.29 is 18.7 Å². The third-order valence-electron chi connectivity index (χ3n) is 4.14. The summed E-state index contributed by atoms with van der Waals surface area (Å²) in [6, 6.07) is 7.72. The number of ether oxygens (including phenoxy) is 1. The number of halogens is 1. The van der Waals surface area contributed by atoms with Crippen molar-refractivity contribution in [3.8, 4) is 5.69 Å². The second-order valence-corrected chi connectivity index (χ2v) is 6.14. The molecular formula is C20H18FN3O3. The van der Waals surface area contributed by atoms with Gasteiger partial charge in [0.15, 0.2) is 12.3 Å². The number of benzene rings is 1. The van der Waals surface area contributed by atoms with E-state index in [4.69, 9.17) is 4.74 Å². The molecule has 0 saturated heterocycles. The third kappa shape index (κ3) is 3.92. The molecule has 3 aromatic rings. The van der Waals surface area contributed by atoms with Gasteiger partial charge >= 0.3 is 5.97 Å². The van der Waals surface area contributed by atoms with Gasteiger partial charge < -0.3 is 9.30 Å². The molecule has 0 atom stereocenters. The maximum absolute atomic E-state index is 13.2. The number of hydrogen-bond donors (Lipinski definition) is 0. The number of ketones is 1. The second kappa shape index (κ2) is 7.49. The lowest BCUT2D eigenvalue weighted by Crippen LogP contribution is -2.16. The number of hydrogen-bond acceptors (Lipinski definition) is 5. The van der Waals surface area contributed by atoms with Crippen molar-refractivity contribution in [3.05, 3.63) is 76.9 Å². The van der Waals surface area contributed by atoms with Gasteiger partial charge in [0.2, 0.25) is 5.78 Å². The minimum absolute atomic E-state index is 0.0465. The van der Waals surface area contributed by atoms with Crippen LogP contribution in [0.5, 0.6) is 0 Å². The van der Waals surface area contributed by atoms with Crippen LogP contribution in [-0.2, 0) is 4.74 Å². The Labute approximate surface area is 155 Å². The quantitative estimate of drug-likeness (QED) is 0.511. The first-order chi connectivity index (χ1) is 12.9. The van der Waals surface area contributed by atoms with Crippen molar-refractivity contribution in [1.29, 1.82) is 0 Å². The SMILES string of the molecule is Cc1cnc(C(=O)OCC(=O)c2cc(C)n(-c3ccc(F)cc3)c2C)cn1. The fraction of sp³-hybridized carbons (Fsp3) is 0.200. The Morgan fingerprint density at radius 2 is 1.78 bits per heavy atom. The van der Waals surface area contributed by atoms with Gasteiger partial charge in [0.05, 0.1) is 11.9 Å². The zero-order chi connectivity index (χ0) is 19.6. The molecule has 7 heteroatoms.